The standard InChI is InChI=1S/C14H28N2O/c1-15(2)13-8-9-16(11-13)10-12-6-4-3-5-7-14(12)17/h12-14,17H,3-11H2,1-2H3. The van der Waals surface area contributed by atoms with Gasteiger partial charge in [-0.1, -0.05) is 19.3 Å². The highest BCUT2D eigenvalue weighted by atomic mass is 16.3. The van der Waals surface area contributed by atoms with Crippen molar-refractivity contribution in [1.29, 1.82) is 0 Å². The van der Waals surface area contributed by atoms with Gasteiger partial charge in [-0.2, -0.15) is 0 Å². The Morgan fingerprint density at radius 1 is 1.12 bits per heavy atom. The maximum Gasteiger partial charge on any atom is 0.0580 e. The van der Waals surface area contributed by atoms with Crippen LogP contribution in [0, 0.1) is 5.92 Å². The molecule has 1 saturated carbocycles. The molecule has 17 heavy (non-hydrogen) atoms. The minimum absolute atomic E-state index is 0.0455. The summed E-state index contributed by atoms with van der Waals surface area (Å²) in [6.45, 7) is 3.52. The maximum atomic E-state index is 10.1. The molecule has 1 saturated heterocycles. The van der Waals surface area contributed by atoms with Gasteiger partial charge in [0.05, 0.1) is 6.10 Å². The number of likely N-dealkylation sites (N-methyl/N-ethyl adjacent to an activating group) is 1. The van der Waals surface area contributed by atoms with Crippen LogP contribution >= 0.6 is 0 Å². The zero-order chi connectivity index (χ0) is 12.3. The van der Waals surface area contributed by atoms with Crippen molar-refractivity contribution < 1.29 is 5.11 Å². The molecule has 0 amide bonds. The van der Waals surface area contributed by atoms with E-state index >= 15 is 0 Å². The van der Waals surface area contributed by atoms with Crippen LogP contribution in [0.25, 0.3) is 0 Å². The predicted octanol–water partition coefficient (Wildman–Crippen LogP) is 1.56. The summed E-state index contributed by atoms with van der Waals surface area (Å²) in [7, 11) is 4.35. The number of nitrogens with zero attached hydrogens (tertiary/aromatic N) is 2. The second kappa shape index (κ2) is 6.17. The van der Waals surface area contributed by atoms with Crippen molar-refractivity contribution in [2.75, 3.05) is 33.7 Å². The molecule has 3 unspecified atom stereocenters. The van der Waals surface area contributed by atoms with Gasteiger partial charge in [-0.05, 0) is 45.8 Å². The number of rotatable bonds is 3. The Labute approximate surface area is 106 Å². The fraction of sp³-hybridized carbons (Fsp3) is 1.00. The average molecular weight is 240 g/mol. The fourth-order valence-electron chi connectivity index (χ4n) is 3.31. The first-order valence-electron chi connectivity index (χ1n) is 7.23. The SMILES string of the molecule is CN(C)C1CCN(CC2CCCCCC2O)C1. The maximum absolute atomic E-state index is 10.1. The van der Waals surface area contributed by atoms with Crippen LogP contribution in [0.3, 0.4) is 0 Å². The highest BCUT2D eigenvalue weighted by molar-refractivity contribution is 4.84. The van der Waals surface area contributed by atoms with Gasteiger partial charge in [0, 0.05) is 19.1 Å². The third-order valence-electron chi connectivity index (χ3n) is 4.59. The van der Waals surface area contributed by atoms with E-state index in [1.54, 1.807) is 0 Å². The fourth-order valence-corrected chi connectivity index (χ4v) is 3.31. The molecule has 3 nitrogen and oxygen atoms in total. The molecule has 3 heteroatoms. The van der Waals surface area contributed by atoms with E-state index in [0.717, 1.165) is 19.0 Å². The van der Waals surface area contributed by atoms with Crippen molar-refractivity contribution in [3.63, 3.8) is 0 Å². The van der Waals surface area contributed by atoms with Gasteiger partial charge >= 0.3 is 0 Å². The molecule has 0 spiro atoms. The third-order valence-corrected chi connectivity index (χ3v) is 4.59. The Bertz CT molecular complexity index is 232. The van der Waals surface area contributed by atoms with E-state index in [0.29, 0.717) is 5.92 Å². The Balaban J connectivity index is 1.80. The van der Waals surface area contributed by atoms with Gasteiger partial charge in [-0.15, -0.1) is 0 Å². The van der Waals surface area contributed by atoms with Crippen LogP contribution in [-0.2, 0) is 0 Å². The minimum atomic E-state index is -0.0455. The molecule has 2 rings (SSSR count). The zero-order valence-corrected chi connectivity index (χ0v) is 11.4. The Hall–Kier alpha value is -0.120. The summed E-state index contributed by atoms with van der Waals surface area (Å²) in [6, 6.07) is 0.720. The number of hydrogen-bond acceptors (Lipinski definition) is 3. The number of aliphatic hydroxyl groups is 1. The van der Waals surface area contributed by atoms with Crippen molar-refractivity contribution in [3.05, 3.63) is 0 Å². The lowest BCUT2D eigenvalue weighted by Crippen LogP contribution is -2.36. The van der Waals surface area contributed by atoms with Crippen molar-refractivity contribution in [2.45, 2.75) is 50.7 Å². The van der Waals surface area contributed by atoms with E-state index < -0.39 is 0 Å². The summed E-state index contributed by atoms with van der Waals surface area (Å²) in [5.74, 6) is 0.526. The normalized spacial score (nSPS) is 36.4. The molecule has 100 valence electrons. The van der Waals surface area contributed by atoms with Crippen LogP contribution in [0.15, 0.2) is 0 Å². The van der Waals surface area contributed by atoms with Gasteiger partial charge in [-0.25, -0.2) is 0 Å². The molecule has 2 fully saturated rings. The molecule has 0 aromatic carbocycles. The molecular weight excluding hydrogens is 212 g/mol. The van der Waals surface area contributed by atoms with E-state index in [1.165, 1.54) is 45.2 Å². The lowest BCUT2D eigenvalue weighted by atomic mass is 9.97. The first-order valence-corrected chi connectivity index (χ1v) is 7.23. The first kappa shape index (κ1) is 13.3. The molecule has 0 radical (unpaired) electrons. The third kappa shape index (κ3) is 3.67. The monoisotopic (exact) mass is 240 g/mol. The van der Waals surface area contributed by atoms with Gasteiger partial charge in [0.25, 0.3) is 0 Å². The molecular formula is C14H28N2O. The summed E-state index contributed by atoms with van der Waals surface area (Å²) in [6.07, 6.45) is 7.34. The van der Waals surface area contributed by atoms with E-state index in [9.17, 15) is 5.11 Å². The summed E-state index contributed by atoms with van der Waals surface area (Å²) in [5.41, 5.74) is 0. The predicted molar refractivity (Wildman–Crippen MR) is 71.1 cm³/mol. The summed E-state index contributed by atoms with van der Waals surface area (Å²) in [5, 5.41) is 10.1. The van der Waals surface area contributed by atoms with Crippen molar-refractivity contribution >= 4 is 0 Å². The van der Waals surface area contributed by atoms with Crippen LogP contribution in [0.1, 0.15) is 38.5 Å². The van der Waals surface area contributed by atoms with Crippen LogP contribution in [0.4, 0.5) is 0 Å². The largest absolute Gasteiger partial charge is 0.393 e. The number of aliphatic hydroxyl groups excluding tert-OH is 1. The molecule has 3 atom stereocenters. The highest BCUT2D eigenvalue weighted by Crippen LogP contribution is 2.26. The van der Waals surface area contributed by atoms with Crippen LogP contribution in [0.5, 0.6) is 0 Å². The van der Waals surface area contributed by atoms with E-state index in [1.807, 2.05) is 0 Å². The zero-order valence-electron chi connectivity index (χ0n) is 11.4. The Morgan fingerprint density at radius 3 is 2.59 bits per heavy atom. The van der Waals surface area contributed by atoms with Crippen molar-refractivity contribution in [2.24, 2.45) is 5.92 Å². The van der Waals surface area contributed by atoms with Crippen molar-refractivity contribution in [1.82, 2.24) is 9.80 Å². The summed E-state index contributed by atoms with van der Waals surface area (Å²) >= 11 is 0. The number of likely N-dealkylation sites (tertiary alicyclic amines) is 1. The van der Waals surface area contributed by atoms with Crippen molar-refractivity contribution in [3.8, 4) is 0 Å². The van der Waals surface area contributed by atoms with Crippen LogP contribution < -0.4 is 0 Å². The molecule has 0 aromatic rings. The highest BCUT2D eigenvalue weighted by Gasteiger charge is 2.29. The quantitative estimate of drug-likeness (QED) is 0.759. The van der Waals surface area contributed by atoms with E-state index in [4.69, 9.17) is 0 Å². The topological polar surface area (TPSA) is 26.7 Å². The summed E-state index contributed by atoms with van der Waals surface area (Å²) < 4.78 is 0. The average Bonchev–Trinajstić information content (AvgIpc) is 2.66. The number of hydrogen-bond donors (Lipinski definition) is 1. The van der Waals surface area contributed by atoms with Crippen LogP contribution in [-0.4, -0.2) is 60.8 Å². The molecule has 0 aromatic heterocycles. The molecule has 1 heterocycles. The second-order valence-electron chi connectivity index (χ2n) is 6.13. The molecule has 0 bridgehead atoms. The minimum Gasteiger partial charge on any atom is -0.393 e. The summed E-state index contributed by atoms with van der Waals surface area (Å²) in [4.78, 5) is 4.90. The smallest absolute Gasteiger partial charge is 0.0580 e. The first-order chi connectivity index (χ1) is 8.16. The van der Waals surface area contributed by atoms with Gasteiger partial charge < -0.3 is 14.9 Å². The lowest BCUT2D eigenvalue weighted by molar-refractivity contribution is 0.0776. The van der Waals surface area contributed by atoms with Gasteiger partial charge in [-0.3, -0.25) is 0 Å². The molecule has 1 aliphatic heterocycles. The van der Waals surface area contributed by atoms with Gasteiger partial charge in [0.2, 0.25) is 0 Å². The Kier molecular flexibility index (Phi) is 4.83. The van der Waals surface area contributed by atoms with Gasteiger partial charge in [0.15, 0.2) is 0 Å². The molecule has 2 aliphatic rings. The van der Waals surface area contributed by atoms with E-state index in [-0.39, 0.29) is 6.10 Å². The second-order valence-corrected chi connectivity index (χ2v) is 6.13. The Morgan fingerprint density at radius 2 is 1.88 bits per heavy atom. The lowest BCUT2D eigenvalue weighted by Gasteiger charge is -2.27. The van der Waals surface area contributed by atoms with E-state index in [2.05, 4.69) is 23.9 Å². The molecule has 1 N–H and O–H groups in total. The molecule has 1 aliphatic carbocycles. The van der Waals surface area contributed by atoms with Gasteiger partial charge in [0.1, 0.15) is 0 Å². The van der Waals surface area contributed by atoms with Crippen LogP contribution in [0.2, 0.25) is 0 Å².